The van der Waals surface area contributed by atoms with Gasteiger partial charge in [-0.25, -0.2) is 0 Å². The van der Waals surface area contributed by atoms with Gasteiger partial charge in [0.2, 0.25) is 0 Å². The molecule has 1 aliphatic carbocycles. The molecule has 0 aromatic heterocycles. The molecule has 0 aromatic carbocycles. The highest BCUT2D eigenvalue weighted by Gasteiger charge is 2.30. The molecule has 0 aliphatic heterocycles. The van der Waals surface area contributed by atoms with Gasteiger partial charge in [0.25, 0.3) is 0 Å². The van der Waals surface area contributed by atoms with Crippen molar-refractivity contribution < 1.29 is 4.21 Å². The SMILES string of the molecule is CCC1CCCCC1S(=O)C(C)CCN. The molecule has 2 N–H and O–H groups in total. The van der Waals surface area contributed by atoms with Crippen molar-refractivity contribution in [1.82, 2.24) is 0 Å². The summed E-state index contributed by atoms with van der Waals surface area (Å²) in [5, 5.41) is 0.734. The molecule has 15 heavy (non-hydrogen) atoms. The highest BCUT2D eigenvalue weighted by molar-refractivity contribution is 7.86. The highest BCUT2D eigenvalue weighted by atomic mass is 32.2. The Bertz CT molecular complexity index is 208. The summed E-state index contributed by atoms with van der Waals surface area (Å²) >= 11 is 0. The van der Waals surface area contributed by atoms with Crippen molar-refractivity contribution in [3.8, 4) is 0 Å². The van der Waals surface area contributed by atoms with Crippen molar-refractivity contribution in [2.24, 2.45) is 11.7 Å². The van der Waals surface area contributed by atoms with Crippen LogP contribution >= 0.6 is 0 Å². The van der Waals surface area contributed by atoms with Crippen molar-refractivity contribution in [2.75, 3.05) is 6.54 Å². The lowest BCUT2D eigenvalue weighted by Crippen LogP contribution is -2.34. The molecule has 1 saturated carbocycles. The summed E-state index contributed by atoms with van der Waals surface area (Å²) in [4.78, 5) is 0. The third-order valence-electron chi connectivity index (χ3n) is 3.63. The molecule has 0 aromatic rings. The lowest BCUT2D eigenvalue weighted by molar-refractivity contribution is 0.354. The predicted octanol–water partition coefficient (Wildman–Crippen LogP) is 2.44. The summed E-state index contributed by atoms with van der Waals surface area (Å²) in [6.45, 7) is 4.98. The number of nitrogens with two attached hydrogens (primary N) is 1. The molecule has 0 radical (unpaired) electrons. The van der Waals surface area contributed by atoms with Crippen molar-refractivity contribution in [2.45, 2.75) is 62.9 Å². The Morgan fingerprint density at radius 3 is 2.67 bits per heavy atom. The lowest BCUT2D eigenvalue weighted by atomic mass is 9.87. The van der Waals surface area contributed by atoms with Gasteiger partial charge in [0.1, 0.15) is 0 Å². The topological polar surface area (TPSA) is 43.1 Å². The van der Waals surface area contributed by atoms with Gasteiger partial charge < -0.3 is 5.73 Å². The second-order valence-corrected chi connectivity index (χ2v) is 6.78. The van der Waals surface area contributed by atoms with Crippen molar-refractivity contribution in [3.63, 3.8) is 0 Å². The molecule has 0 heterocycles. The summed E-state index contributed by atoms with van der Waals surface area (Å²) in [6.07, 6.45) is 7.13. The van der Waals surface area contributed by atoms with E-state index in [1.165, 1.54) is 32.1 Å². The van der Waals surface area contributed by atoms with E-state index in [0.717, 1.165) is 6.42 Å². The van der Waals surface area contributed by atoms with Crippen LogP contribution in [0.25, 0.3) is 0 Å². The van der Waals surface area contributed by atoms with Crippen molar-refractivity contribution >= 4 is 10.8 Å². The van der Waals surface area contributed by atoms with E-state index in [-0.39, 0.29) is 5.25 Å². The Balaban J connectivity index is 2.55. The van der Waals surface area contributed by atoms with E-state index < -0.39 is 10.8 Å². The van der Waals surface area contributed by atoms with Crippen molar-refractivity contribution in [1.29, 1.82) is 0 Å². The fourth-order valence-electron chi connectivity index (χ4n) is 2.60. The fraction of sp³-hybridized carbons (Fsp3) is 1.00. The standard InChI is InChI=1S/C12H25NOS/c1-3-11-6-4-5-7-12(11)15(14)10(2)8-9-13/h10-12H,3-9,13H2,1-2H3. The Morgan fingerprint density at radius 1 is 1.40 bits per heavy atom. The molecule has 2 nitrogen and oxygen atoms in total. The average Bonchev–Trinajstić information content (AvgIpc) is 2.28. The monoisotopic (exact) mass is 231 g/mol. The van der Waals surface area contributed by atoms with E-state index in [4.69, 9.17) is 5.73 Å². The zero-order valence-electron chi connectivity index (χ0n) is 10.1. The van der Waals surface area contributed by atoms with Gasteiger partial charge in [0.05, 0.1) is 0 Å². The molecule has 0 saturated heterocycles. The maximum absolute atomic E-state index is 12.3. The third kappa shape index (κ3) is 3.56. The Labute approximate surface area is 96.5 Å². The Morgan fingerprint density at radius 2 is 2.07 bits per heavy atom. The van der Waals surface area contributed by atoms with E-state index in [1.54, 1.807) is 0 Å². The minimum Gasteiger partial charge on any atom is -0.330 e. The first-order valence-corrected chi connectivity index (χ1v) is 7.57. The largest absolute Gasteiger partial charge is 0.330 e. The van der Waals surface area contributed by atoms with Crippen molar-refractivity contribution in [3.05, 3.63) is 0 Å². The second-order valence-electron chi connectivity index (χ2n) is 4.71. The van der Waals surface area contributed by atoms with Gasteiger partial charge in [-0.2, -0.15) is 0 Å². The summed E-state index contributed by atoms with van der Waals surface area (Å²) in [6, 6.07) is 0. The molecule has 0 spiro atoms. The smallest absolute Gasteiger partial charge is 0.0378 e. The van der Waals surface area contributed by atoms with Crippen LogP contribution in [0, 0.1) is 5.92 Å². The molecule has 1 rings (SSSR count). The van der Waals surface area contributed by atoms with Crippen LogP contribution in [0.5, 0.6) is 0 Å². The number of hydrogen-bond donors (Lipinski definition) is 1. The van der Waals surface area contributed by atoms with E-state index >= 15 is 0 Å². The van der Waals surface area contributed by atoms with E-state index in [2.05, 4.69) is 13.8 Å². The van der Waals surface area contributed by atoms with Crippen LogP contribution < -0.4 is 5.73 Å². The van der Waals surface area contributed by atoms with Gasteiger partial charge in [-0.15, -0.1) is 0 Å². The molecule has 4 atom stereocenters. The Hall–Kier alpha value is 0.110. The van der Waals surface area contributed by atoms with Crippen LogP contribution in [0.2, 0.25) is 0 Å². The fourth-order valence-corrected chi connectivity index (χ4v) is 4.67. The first-order chi connectivity index (χ1) is 7.20. The van der Waals surface area contributed by atoms with Crippen LogP contribution in [0.15, 0.2) is 0 Å². The van der Waals surface area contributed by atoms with Gasteiger partial charge >= 0.3 is 0 Å². The molecule has 1 fully saturated rings. The highest BCUT2D eigenvalue weighted by Crippen LogP contribution is 2.32. The Kier molecular flexibility index (Phi) is 5.83. The molecule has 1 aliphatic rings. The van der Waals surface area contributed by atoms with E-state index in [0.29, 0.717) is 17.7 Å². The molecule has 0 amide bonds. The van der Waals surface area contributed by atoms with Crippen LogP contribution in [0.4, 0.5) is 0 Å². The zero-order chi connectivity index (χ0) is 11.3. The average molecular weight is 231 g/mol. The first-order valence-electron chi connectivity index (χ1n) is 6.30. The summed E-state index contributed by atoms with van der Waals surface area (Å²) in [5.74, 6) is 0.694. The maximum atomic E-state index is 12.3. The second kappa shape index (κ2) is 6.64. The molecule has 4 unspecified atom stereocenters. The van der Waals surface area contributed by atoms with Crippen LogP contribution in [0.1, 0.15) is 52.4 Å². The zero-order valence-corrected chi connectivity index (χ0v) is 10.9. The van der Waals surface area contributed by atoms with Gasteiger partial charge in [0.15, 0.2) is 0 Å². The molecule has 3 heteroatoms. The summed E-state index contributed by atoms with van der Waals surface area (Å²) in [5.41, 5.74) is 5.53. The molecular formula is C12H25NOS. The van der Waals surface area contributed by atoms with Gasteiger partial charge in [-0.1, -0.05) is 33.1 Å². The van der Waals surface area contributed by atoms with Crippen LogP contribution in [-0.4, -0.2) is 21.3 Å². The van der Waals surface area contributed by atoms with E-state index in [9.17, 15) is 4.21 Å². The number of rotatable bonds is 5. The molecular weight excluding hydrogens is 206 g/mol. The lowest BCUT2D eigenvalue weighted by Gasteiger charge is -2.32. The third-order valence-corrected chi connectivity index (χ3v) is 5.88. The van der Waals surface area contributed by atoms with Gasteiger partial charge in [0, 0.05) is 21.3 Å². The molecule has 90 valence electrons. The normalized spacial score (nSPS) is 31.1. The predicted molar refractivity (Wildman–Crippen MR) is 67.3 cm³/mol. The maximum Gasteiger partial charge on any atom is 0.0378 e. The quantitative estimate of drug-likeness (QED) is 0.790. The minimum atomic E-state index is -0.661. The van der Waals surface area contributed by atoms with Crippen LogP contribution in [-0.2, 0) is 10.8 Å². The summed E-state index contributed by atoms with van der Waals surface area (Å²) in [7, 11) is -0.661. The van der Waals surface area contributed by atoms with Gasteiger partial charge in [-0.3, -0.25) is 4.21 Å². The van der Waals surface area contributed by atoms with Gasteiger partial charge in [-0.05, 0) is 31.7 Å². The number of hydrogen-bond acceptors (Lipinski definition) is 2. The van der Waals surface area contributed by atoms with E-state index in [1.807, 2.05) is 0 Å². The molecule has 0 bridgehead atoms. The summed E-state index contributed by atoms with van der Waals surface area (Å²) < 4.78 is 12.3. The van der Waals surface area contributed by atoms with Crippen LogP contribution in [0.3, 0.4) is 0 Å². The minimum absolute atomic E-state index is 0.284. The first kappa shape index (κ1) is 13.2.